The van der Waals surface area contributed by atoms with Crippen molar-refractivity contribution in [2.45, 2.75) is 182 Å². The Morgan fingerprint density at radius 3 is 0.946 bits per heavy atom. The molecule has 0 N–H and O–H groups in total. The lowest BCUT2D eigenvalue weighted by Gasteiger charge is -2.17. The van der Waals surface area contributed by atoms with Gasteiger partial charge in [-0.25, -0.2) is 0 Å². The molecule has 0 aliphatic heterocycles. The van der Waals surface area contributed by atoms with Gasteiger partial charge >= 0.3 is 0 Å². The molecule has 0 aromatic heterocycles. The molecule has 37 heavy (non-hydrogen) atoms. The molecule has 0 rings (SSSR count). The Morgan fingerprint density at radius 1 is 0.432 bits per heavy atom. The minimum atomic E-state index is 0.170. The van der Waals surface area contributed by atoms with Crippen LogP contribution < -0.4 is 0 Å². The highest BCUT2D eigenvalue weighted by Crippen LogP contribution is 2.18. The molecule has 0 radical (unpaired) electrons. The summed E-state index contributed by atoms with van der Waals surface area (Å²) in [6.45, 7) is 9.08. The van der Waals surface area contributed by atoms with E-state index in [2.05, 4.69) is 27.7 Å². The van der Waals surface area contributed by atoms with Crippen molar-refractivity contribution in [3.05, 3.63) is 0 Å². The zero-order valence-corrected chi connectivity index (χ0v) is 27.1. The summed E-state index contributed by atoms with van der Waals surface area (Å²) in [7, 11) is 0. The Bertz CT molecular complexity index is 465. The van der Waals surface area contributed by atoms with Gasteiger partial charge in [0.15, 0.2) is 10.1 Å². The first-order valence-electron chi connectivity index (χ1n) is 16.4. The van der Waals surface area contributed by atoms with Crippen LogP contribution in [-0.2, 0) is 9.47 Å². The summed E-state index contributed by atoms with van der Waals surface area (Å²) in [6, 6.07) is 0. The third-order valence-corrected chi connectivity index (χ3v) is 8.73. The monoisotopic (exact) mass is 556 g/mol. The molecule has 0 aliphatic carbocycles. The van der Waals surface area contributed by atoms with Gasteiger partial charge in [-0.15, -0.1) is 0 Å². The quantitative estimate of drug-likeness (QED) is 0.0541. The van der Waals surface area contributed by atoms with E-state index in [9.17, 15) is 0 Å². The fourth-order valence-corrected chi connectivity index (χ4v) is 5.23. The van der Waals surface area contributed by atoms with Gasteiger partial charge in [0.25, 0.3) is 0 Å². The largest absolute Gasteiger partial charge is 0.451 e. The van der Waals surface area contributed by atoms with E-state index in [0.29, 0.717) is 21.9 Å². The molecular weight excluding hydrogens is 492 g/mol. The number of hydrogen-bond donors (Lipinski definition) is 0. The van der Waals surface area contributed by atoms with Crippen molar-refractivity contribution in [3.63, 3.8) is 0 Å². The third-order valence-electron chi connectivity index (χ3n) is 7.69. The number of hydrogen-bond acceptors (Lipinski definition) is 4. The fraction of sp³-hybridized carbons (Fsp3) is 0.939. The normalized spacial score (nSPS) is 12.9. The molecule has 2 unspecified atom stereocenters. The van der Waals surface area contributed by atoms with E-state index in [-0.39, 0.29) is 6.79 Å². The molecule has 2 atom stereocenters. The van der Waals surface area contributed by atoms with Crippen LogP contribution in [0.5, 0.6) is 0 Å². The third kappa shape index (κ3) is 25.8. The highest BCUT2D eigenvalue weighted by Gasteiger charge is 2.13. The first-order chi connectivity index (χ1) is 18.0. The molecule has 0 saturated heterocycles. The predicted octanol–water partition coefficient (Wildman–Crippen LogP) is 12.3. The van der Waals surface area contributed by atoms with Crippen LogP contribution in [0.25, 0.3) is 0 Å². The fourth-order valence-electron chi connectivity index (χ4n) is 4.90. The number of rotatable bonds is 28. The van der Waals surface area contributed by atoms with Crippen LogP contribution in [-0.4, -0.2) is 16.9 Å². The van der Waals surface area contributed by atoms with E-state index < -0.39 is 0 Å². The Labute approximate surface area is 243 Å². The Hall–Kier alpha value is -0.220. The van der Waals surface area contributed by atoms with Crippen LogP contribution >= 0.6 is 24.4 Å². The molecule has 0 amide bonds. The molecule has 2 nitrogen and oxygen atoms in total. The van der Waals surface area contributed by atoms with Crippen molar-refractivity contribution in [3.8, 4) is 0 Å². The lowest BCUT2D eigenvalue weighted by Crippen LogP contribution is -2.19. The molecule has 0 aromatic carbocycles. The topological polar surface area (TPSA) is 18.5 Å². The summed E-state index contributed by atoms with van der Waals surface area (Å²) in [5.74, 6) is 0.610. The van der Waals surface area contributed by atoms with E-state index in [4.69, 9.17) is 33.9 Å². The maximum Gasteiger partial charge on any atom is 0.232 e. The van der Waals surface area contributed by atoms with Crippen LogP contribution in [0.4, 0.5) is 0 Å². The molecule has 0 aliphatic rings. The van der Waals surface area contributed by atoms with Crippen molar-refractivity contribution in [1.82, 2.24) is 0 Å². The van der Waals surface area contributed by atoms with Gasteiger partial charge in [0.05, 0.1) is 0 Å². The molecule has 4 heteroatoms. The molecule has 0 heterocycles. The van der Waals surface area contributed by atoms with Crippen LogP contribution in [0.1, 0.15) is 182 Å². The van der Waals surface area contributed by atoms with Gasteiger partial charge in [-0.1, -0.05) is 169 Å². The van der Waals surface area contributed by atoms with Gasteiger partial charge in [0, 0.05) is 11.8 Å². The molecule has 220 valence electrons. The maximum atomic E-state index is 5.71. The maximum absolute atomic E-state index is 5.71. The van der Waals surface area contributed by atoms with Crippen molar-refractivity contribution >= 4 is 34.5 Å². The second-order valence-corrected chi connectivity index (χ2v) is 12.3. The average Bonchev–Trinajstić information content (AvgIpc) is 2.89. The van der Waals surface area contributed by atoms with Gasteiger partial charge < -0.3 is 9.47 Å². The van der Waals surface area contributed by atoms with Crippen LogP contribution in [0, 0.1) is 11.8 Å². The molecule has 0 fully saturated rings. The summed E-state index contributed by atoms with van der Waals surface area (Å²) >= 11 is 11.0. The van der Waals surface area contributed by atoms with Gasteiger partial charge in [0.2, 0.25) is 6.79 Å². The lowest BCUT2D eigenvalue weighted by molar-refractivity contribution is 0.0923. The summed E-state index contributed by atoms with van der Waals surface area (Å²) in [6.07, 6.45) is 32.4. The summed E-state index contributed by atoms with van der Waals surface area (Å²) in [5.41, 5.74) is 0. The zero-order valence-electron chi connectivity index (χ0n) is 25.5. The van der Waals surface area contributed by atoms with E-state index in [1.165, 1.54) is 141 Å². The van der Waals surface area contributed by atoms with Crippen LogP contribution in [0.3, 0.4) is 0 Å². The summed E-state index contributed by atoms with van der Waals surface area (Å²) in [4.78, 5) is 0. The van der Waals surface area contributed by atoms with Crippen molar-refractivity contribution < 1.29 is 9.47 Å². The van der Waals surface area contributed by atoms with E-state index in [1.54, 1.807) is 0 Å². The molecular formula is C33H64O2S2. The zero-order chi connectivity index (χ0) is 27.4. The van der Waals surface area contributed by atoms with Gasteiger partial charge in [-0.2, -0.15) is 0 Å². The van der Waals surface area contributed by atoms with E-state index in [0.717, 1.165) is 12.8 Å². The van der Waals surface area contributed by atoms with Gasteiger partial charge in [0.1, 0.15) is 0 Å². The minimum absolute atomic E-state index is 0.170. The smallest absolute Gasteiger partial charge is 0.232 e. The van der Waals surface area contributed by atoms with Crippen molar-refractivity contribution in [2.24, 2.45) is 11.8 Å². The van der Waals surface area contributed by atoms with Crippen LogP contribution in [0.15, 0.2) is 0 Å². The Morgan fingerprint density at radius 2 is 0.676 bits per heavy atom. The first-order valence-corrected chi connectivity index (χ1v) is 17.2. The first kappa shape index (κ1) is 36.8. The second-order valence-electron chi connectivity index (χ2n) is 11.5. The highest BCUT2D eigenvalue weighted by atomic mass is 32.1. The van der Waals surface area contributed by atoms with Crippen LogP contribution in [0.2, 0.25) is 0 Å². The number of thiocarbonyl (C=S) groups is 2. The SMILES string of the molecule is CCCCCCCCCCCCCC(C)C(=S)OCOC(=S)C(C)CCCCCCCCCCCCC. The van der Waals surface area contributed by atoms with Gasteiger partial charge in [-0.3, -0.25) is 0 Å². The van der Waals surface area contributed by atoms with Crippen molar-refractivity contribution in [1.29, 1.82) is 0 Å². The average molecular weight is 557 g/mol. The summed E-state index contributed by atoms with van der Waals surface area (Å²) in [5, 5.41) is 1.35. The Balaban J connectivity index is 3.56. The standard InChI is InChI=1S/C33H64O2S2/c1-5-7-9-11-13-15-17-19-21-23-25-27-30(3)32(36)34-29-35-33(37)31(4)28-26-24-22-20-18-16-14-12-10-8-6-2/h30-31H,5-29H2,1-4H3. The highest BCUT2D eigenvalue weighted by molar-refractivity contribution is 7.80. The second kappa shape index (κ2) is 28.8. The molecule has 0 saturated carbocycles. The van der Waals surface area contributed by atoms with E-state index in [1.807, 2.05) is 0 Å². The number of ether oxygens (including phenoxy) is 2. The van der Waals surface area contributed by atoms with E-state index >= 15 is 0 Å². The van der Waals surface area contributed by atoms with Gasteiger partial charge in [-0.05, 0) is 37.3 Å². The predicted molar refractivity (Wildman–Crippen MR) is 173 cm³/mol. The summed E-state index contributed by atoms with van der Waals surface area (Å²) < 4.78 is 11.4. The van der Waals surface area contributed by atoms with Crippen molar-refractivity contribution in [2.75, 3.05) is 6.79 Å². The Kier molecular flexibility index (Phi) is 28.6. The molecule has 0 spiro atoms. The number of unbranched alkanes of at least 4 members (excludes halogenated alkanes) is 20. The molecule has 0 bridgehead atoms. The lowest BCUT2D eigenvalue weighted by atomic mass is 10.0. The minimum Gasteiger partial charge on any atom is -0.451 e. The molecule has 0 aromatic rings.